The van der Waals surface area contributed by atoms with Gasteiger partial charge < -0.3 is 10.0 Å². The van der Waals surface area contributed by atoms with E-state index in [0.717, 1.165) is 6.04 Å². The molecule has 166 valence electrons. The average Bonchev–Trinajstić information content (AvgIpc) is 3.27. The fourth-order valence-corrected chi connectivity index (χ4v) is 9.74. The molecule has 6 heteroatoms. The van der Waals surface area contributed by atoms with E-state index in [-0.39, 0.29) is 6.42 Å². The minimum atomic E-state index is -2.19. The van der Waals surface area contributed by atoms with Gasteiger partial charge >= 0.3 is 5.97 Å². The SMILES string of the molecule is CN(C)c1ccc2c(c1)[Si](C)(CCCC(=O)O)C1=CC(=[N+](C)C)C=CC1=C2c1ccsc1. The molecule has 1 aromatic carbocycles. The van der Waals surface area contributed by atoms with Crippen molar-refractivity contribution in [1.29, 1.82) is 0 Å². The van der Waals surface area contributed by atoms with Crippen molar-refractivity contribution in [3.63, 3.8) is 0 Å². The maximum atomic E-state index is 11.3. The first-order chi connectivity index (χ1) is 15.2. The zero-order valence-corrected chi connectivity index (χ0v) is 21.3. The Morgan fingerprint density at radius 3 is 2.59 bits per heavy atom. The number of hydrogen-bond acceptors (Lipinski definition) is 3. The third kappa shape index (κ3) is 3.93. The molecule has 0 bridgehead atoms. The lowest BCUT2D eigenvalue weighted by molar-refractivity contribution is -0.462. The van der Waals surface area contributed by atoms with Gasteiger partial charge in [0.15, 0.2) is 5.71 Å². The normalized spacial score (nSPS) is 19.4. The summed E-state index contributed by atoms with van der Waals surface area (Å²) in [6.45, 7) is 2.43. The molecule has 1 unspecified atom stereocenters. The van der Waals surface area contributed by atoms with E-state index in [1.165, 1.54) is 44.1 Å². The van der Waals surface area contributed by atoms with Crippen LogP contribution in [-0.2, 0) is 4.79 Å². The van der Waals surface area contributed by atoms with Crippen LogP contribution in [0.2, 0.25) is 12.6 Å². The first kappa shape index (κ1) is 22.5. The Kier molecular flexibility index (Phi) is 6.10. The summed E-state index contributed by atoms with van der Waals surface area (Å²) >= 11 is 1.72. The minimum absolute atomic E-state index is 0.217. The molecule has 0 fully saturated rings. The number of hydrogen-bond donors (Lipinski definition) is 1. The summed E-state index contributed by atoms with van der Waals surface area (Å²) in [6, 6.07) is 9.98. The Hall–Kier alpha value is -2.70. The van der Waals surface area contributed by atoms with Gasteiger partial charge in [-0.25, -0.2) is 4.58 Å². The predicted molar refractivity (Wildman–Crippen MR) is 138 cm³/mol. The van der Waals surface area contributed by atoms with E-state index in [1.54, 1.807) is 11.3 Å². The van der Waals surface area contributed by atoms with Crippen molar-refractivity contribution in [2.45, 2.75) is 25.4 Å². The number of carboxylic acids is 1. The van der Waals surface area contributed by atoms with Gasteiger partial charge in [0.25, 0.3) is 0 Å². The molecule has 0 saturated heterocycles. The summed E-state index contributed by atoms with van der Waals surface area (Å²) in [6.07, 6.45) is 7.76. The molecule has 0 amide bonds. The molecule has 2 aromatic rings. The van der Waals surface area contributed by atoms with Gasteiger partial charge in [0.2, 0.25) is 0 Å². The van der Waals surface area contributed by atoms with Crippen LogP contribution < -0.4 is 10.1 Å². The van der Waals surface area contributed by atoms with Gasteiger partial charge in [0, 0.05) is 38.4 Å². The fourth-order valence-electron chi connectivity index (χ4n) is 4.84. The minimum Gasteiger partial charge on any atom is -0.481 e. The standard InChI is InChI=1S/C26H30N2O2SSi/c1-27(2)19-8-10-21-23(15-19)32(5,14-6-7-25(29)30)24-16-20(28(3)4)9-11-22(24)26(21)18-12-13-31-17-18/h8-13,15-17H,6-7,14H2,1-5H3/p+1. The number of allylic oxidation sites excluding steroid dienone is 5. The Bertz CT molecular complexity index is 1180. The molecule has 1 aliphatic heterocycles. The van der Waals surface area contributed by atoms with Crippen LogP contribution in [0.15, 0.2) is 64.0 Å². The lowest BCUT2D eigenvalue weighted by Crippen LogP contribution is -2.52. The van der Waals surface area contributed by atoms with Crippen molar-refractivity contribution in [3.05, 3.63) is 75.2 Å². The summed E-state index contributed by atoms with van der Waals surface area (Å²) in [5, 5.41) is 16.5. The molecule has 4 rings (SSSR count). The summed E-state index contributed by atoms with van der Waals surface area (Å²) in [7, 11) is 6.13. The molecule has 2 aliphatic rings. The molecule has 1 atom stereocenters. The van der Waals surface area contributed by atoms with Crippen LogP contribution in [0.1, 0.15) is 24.0 Å². The van der Waals surface area contributed by atoms with Gasteiger partial charge in [-0.1, -0.05) is 12.6 Å². The van der Waals surface area contributed by atoms with E-state index in [9.17, 15) is 9.90 Å². The molecule has 2 heterocycles. The van der Waals surface area contributed by atoms with Crippen LogP contribution in [0.25, 0.3) is 5.57 Å². The molecule has 4 nitrogen and oxygen atoms in total. The van der Waals surface area contributed by atoms with E-state index in [1.807, 2.05) is 0 Å². The number of thiophene rings is 1. The maximum absolute atomic E-state index is 11.3. The lowest BCUT2D eigenvalue weighted by atomic mass is 9.91. The van der Waals surface area contributed by atoms with Gasteiger partial charge in [-0.2, -0.15) is 11.3 Å². The molecule has 1 aromatic heterocycles. The van der Waals surface area contributed by atoms with E-state index < -0.39 is 14.0 Å². The molecule has 1 aliphatic carbocycles. The zero-order chi connectivity index (χ0) is 23.0. The summed E-state index contributed by atoms with van der Waals surface area (Å²) in [4.78, 5) is 13.5. The molecule has 1 N–H and O–H groups in total. The number of carboxylic acid groups (broad SMARTS) is 1. The highest BCUT2D eigenvalue weighted by molar-refractivity contribution is 7.08. The largest absolute Gasteiger partial charge is 0.481 e. The third-order valence-corrected chi connectivity index (χ3v) is 11.9. The zero-order valence-electron chi connectivity index (χ0n) is 19.5. The highest BCUT2D eigenvalue weighted by atomic mass is 32.1. The topological polar surface area (TPSA) is 43.6 Å². The number of benzene rings is 1. The van der Waals surface area contributed by atoms with Crippen molar-refractivity contribution in [2.24, 2.45) is 0 Å². The highest BCUT2D eigenvalue weighted by Crippen LogP contribution is 2.44. The van der Waals surface area contributed by atoms with Gasteiger partial charge in [-0.3, -0.25) is 4.79 Å². The van der Waals surface area contributed by atoms with Crippen LogP contribution >= 0.6 is 11.3 Å². The first-order valence-corrected chi connectivity index (χ1v) is 14.6. The summed E-state index contributed by atoms with van der Waals surface area (Å²) in [5.41, 5.74) is 7.56. The Balaban J connectivity index is 2.01. The third-order valence-electron chi connectivity index (χ3n) is 6.64. The quantitative estimate of drug-likeness (QED) is 0.506. The van der Waals surface area contributed by atoms with Crippen LogP contribution in [-0.4, -0.2) is 57.6 Å². The molecule has 0 radical (unpaired) electrons. The van der Waals surface area contributed by atoms with Crippen LogP contribution in [0.5, 0.6) is 0 Å². The predicted octanol–water partition coefficient (Wildman–Crippen LogP) is 4.53. The smallest absolute Gasteiger partial charge is 0.303 e. The van der Waals surface area contributed by atoms with Crippen molar-refractivity contribution >= 4 is 47.5 Å². The second-order valence-electron chi connectivity index (χ2n) is 9.22. The second kappa shape index (κ2) is 8.68. The van der Waals surface area contributed by atoms with Crippen molar-refractivity contribution in [1.82, 2.24) is 0 Å². The Labute approximate surface area is 195 Å². The van der Waals surface area contributed by atoms with Crippen molar-refractivity contribution < 1.29 is 14.5 Å². The molecule has 32 heavy (non-hydrogen) atoms. The first-order valence-electron chi connectivity index (χ1n) is 11.0. The number of carbonyl (C=O) groups is 1. The number of anilines is 1. The highest BCUT2D eigenvalue weighted by Gasteiger charge is 2.43. The van der Waals surface area contributed by atoms with Crippen LogP contribution in [0, 0.1) is 0 Å². The Morgan fingerprint density at radius 1 is 1.19 bits per heavy atom. The fraction of sp³-hybridized carbons (Fsp3) is 0.308. The number of rotatable bonds is 6. The number of fused-ring (bicyclic) bond motifs is 2. The van der Waals surface area contributed by atoms with E-state index in [4.69, 9.17) is 0 Å². The molecule has 0 saturated carbocycles. The maximum Gasteiger partial charge on any atom is 0.303 e. The summed E-state index contributed by atoms with van der Waals surface area (Å²) in [5.74, 6) is -0.714. The van der Waals surface area contributed by atoms with Crippen molar-refractivity contribution in [3.8, 4) is 0 Å². The average molecular weight is 464 g/mol. The Morgan fingerprint density at radius 2 is 1.97 bits per heavy atom. The lowest BCUT2D eigenvalue weighted by Gasteiger charge is -2.40. The molecular weight excluding hydrogens is 432 g/mol. The van der Waals surface area contributed by atoms with Gasteiger partial charge in [-0.05, 0) is 80.2 Å². The van der Waals surface area contributed by atoms with Crippen molar-refractivity contribution in [2.75, 3.05) is 33.1 Å². The van der Waals surface area contributed by atoms with Crippen LogP contribution in [0.4, 0.5) is 5.69 Å². The van der Waals surface area contributed by atoms with Gasteiger partial charge in [0.05, 0.1) is 0 Å². The van der Waals surface area contributed by atoms with Gasteiger partial charge in [-0.15, -0.1) is 0 Å². The van der Waals surface area contributed by atoms with E-state index in [0.29, 0.717) is 6.42 Å². The molecular formula is C26H31N2O2SSi+. The number of aliphatic carboxylic acids is 1. The molecule has 0 spiro atoms. The van der Waals surface area contributed by atoms with E-state index in [2.05, 4.69) is 97.5 Å². The van der Waals surface area contributed by atoms with E-state index >= 15 is 0 Å². The van der Waals surface area contributed by atoms with Crippen LogP contribution in [0.3, 0.4) is 0 Å². The second-order valence-corrected chi connectivity index (χ2v) is 14.2. The number of nitrogens with zero attached hydrogens (tertiary/aromatic N) is 2. The monoisotopic (exact) mass is 463 g/mol. The summed E-state index contributed by atoms with van der Waals surface area (Å²) < 4.78 is 2.16. The van der Waals surface area contributed by atoms with Gasteiger partial charge in [0.1, 0.15) is 22.2 Å².